The van der Waals surface area contributed by atoms with Crippen LogP contribution in [0.3, 0.4) is 0 Å². The zero-order chi connectivity index (χ0) is 14.9. The molecule has 3 nitrogen and oxygen atoms in total. The first kappa shape index (κ1) is 16.6. The van der Waals surface area contributed by atoms with Crippen molar-refractivity contribution in [2.45, 2.75) is 102 Å². The minimum atomic E-state index is 0.227. The molecule has 2 saturated carbocycles. The van der Waals surface area contributed by atoms with Crippen molar-refractivity contribution in [2.24, 2.45) is 0 Å². The summed E-state index contributed by atoms with van der Waals surface area (Å²) in [4.78, 5) is 15.0. The summed E-state index contributed by atoms with van der Waals surface area (Å²) in [6, 6.07) is 1.24. The molecule has 2 amide bonds. The van der Waals surface area contributed by atoms with Crippen LogP contribution in [0.4, 0.5) is 4.79 Å². The molecule has 0 aromatic rings. The van der Waals surface area contributed by atoms with Gasteiger partial charge in [-0.25, -0.2) is 4.79 Å². The van der Waals surface area contributed by atoms with E-state index in [1.165, 1.54) is 77.0 Å². The highest BCUT2D eigenvalue weighted by atomic mass is 16.2. The van der Waals surface area contributed by atoms with Crippen LogP contribution in [-0.2, 0) is 0 Å². The molecule has 1 N–H and O–H groups in total. The Kier molecular flexibility index (Phi) is 7.38. The third-order valence-corrected chi connectivity index (χ3v) is 5.23. The summed E-state index contributed by atoms with van der Waals surface area (Å²) in [5, 5.41) is 3.20. The van der Waals surface area contributed by atoms with Crippen LogP contribution in [0.2, 0.25) is 0 Å². The van der Waals surface area contributed by atoms with Gasteiger partial charge in [-0.3, -0.25) is 0 Å². The molecule has 2 aliphatic carbocycles. The van der Waals surface area contributed by atoms with Gasteiger partial charge in [-0.15, -0.1) is 0 Å². The van der Waals surface area contributed by atoms with Gasteiger partial charge < -0.3 is 10.2 Å². The third kappa shape index (κ3) is 5.19. The van der Waals surface area contributed by atoms with Gasteiger partial charge >= 0.3 is 6.03 Å². The standard InChI is InChI=1S/C18H34N2O/c1-2-3-10-15-19-18(21)20(16-11-6-4-7-12-16)17-13-8-5-9-14-17/h16-17H,2-15H2,1H3,(H,19,21). The predicted octanol–water partition coefficient (Wildman–Crippen LogP) is 4.85. The summed E-state index contributed by atoms with van der Waals surface area (Å²) < 4.78 is 0. The molecule has 2 rings (SSSR count). The van der Waals surface area contributed by atoms with Crippen molar-refractivity contribution in [1.82, 2.24) is 10.2 Å². The number of unbranched alkanes of at least 4 members (excludes halogenated alkanes) is 2. The quantitative estimate of drug-likeness (QED) is 0.698. The largest absolute Gasteiger partial charge is 0.338 e. The minimum absolute atomic E-state index is 0.227. The van der Waals surface area contributed by atoms with E-state index in [2.05, 4.69) is 17.1 Å². The summed E-state index contributed by atoms with van der Waals surface area (Å²) in [5.41, 5.74) is 0. The molecular weight excluding hydrogens is 260 g/mol. The topological polar surface area (TPSA) is 32.3 Å². The number of nitrogens with one attached hydrogen (secondary N) is 1. The predicted molar refractivity (Wildman–Crippen MR) is 88.5 cm³/mol. The van der Waals surface area contributed by atoms with E-state index in [0.717, 1.165) is 13.0 Å². The molecule has 0 heterocycles. The lowest BCUT2D eigenvalue weighted by Crippen LogP contribution is -2.52. The van der Waals surface area contributed by atoms with Crippen LogP contribution < -0.4 is 5.32 Å². The maximum atomic E-state index is 12.7. The number of nitrogens with zero attached hydrogens (tertiary/aromatic N) is 1. The minimum Gasteiger partial charge on any atom is -0.338 e. The maximum Gasteiger partial charge on any atom is 0.317 e. The molecule has 3 heteroatoms. The lowest BCUT2D eigenvalue weighted by Gasteiger charge is -2.41. The molecule has 0 aromatic carbocycles. The summed E-state index contributed by atoms with van der Waals surface area (Å²) in [7, 11) is 0. The highest BCUT2D eigenvalue weighted by Gasteiger charge is 2.32. The fourth-order valence-electron chi connectivity index (χ4n) is 4.01. The van der Waals surface area contributed by atoms with E-state index >= 15 is 0 Å². The van der Waals surface area contributed by atoms with Crippen LogP contribution in [0.1, 0.15) is 90.4 Å². The summed E-state index contributed by atoms with van der Waals surface area (Å²) in [6.45, 7) is 3.06. The Bertz CT molecular complexity index is 276. The van der Waals surface area contributed by atoms with E-state index in [4.69, 9.17) is 0 Å². The monoisotopic (exact) mass is 294 g/mol. The number of amides is 2. The van der Waals surface area contributed by atoms with E-state index in [-0.39, 0.29) is 6.03 Å². The van der Waals surface area contributed by atoms with Crippen LogP contribution in [0.5, 0.6) is 0 Å². The van der Waals surface area contributed by atoms with E-state index in [1.807, 2.05) is 0 Å². The molecule has 0 saturated heterocycles. The number of urea groups is 1. The molecule has 0 spiro atoms. The summed E-state index contributed by atoms with van der Waals surface area (Å²) in [6.07, 6.45) is 16.3. The maximum absolute atomic E-state index is 12.7. The van der Waals surface area contributed by atoms with Crippen molar-refractivity contribution in [3.63, 3.8) is 0 Å². The average Bonchev–Trinajstić information content (AvgIpc) is 2.54. The Balaban J connectivity index is 1.91. The van der Waals surface area contributed by atoms with Gasteiger partial charge in [0.15, 0.2) is 0 Å². The molecular formula is C18H34N2O. The van der Waals surface area contributed by atoms with Gasteiger partial charge in [0.05, 0.1) is 0 Å². The molecule has 0 bridgehead atoms. The molecule has 0 radical (unpaired) electrons. The second kappa shape index (κ2) is 9.32. The Morgan fingerprint density at radius 3 is 1.90 bits per heavy atom. The SMILES string of the molecule is CCCCCNC(=O)N(C1CCCCC1)C1CCCCC1. The van der Waals surface area contributed by atoms with Gasteiger partial charge in [0.25, 0.3) is 0 Å². The molecule has 21 heavy (non-hydrogen) atoms. The van der Waals surface area contributed by atoms with Crippen molar-refractivity contribution in [3.05, 3.63) is 0 Å². The van der Waals surface area contributed by atoms with Crippen molar-refractivity contribution in [2.75, 3.05) is 6.54 Å². The van der Waals surface area contributed by atoms with E-state index in [0.29, 0.717) is 12.1 Å². The van der Waals surface area contributed by atoms with Gasteiger partial charge in [0.1, 0.15) is 0 Å². The van der Waals surface area contributed by atoms with Gasteiger partial charge in [0, 0.05) is 18.6 Å². The number of carbonyl (C=O) groups excluding carboxylic acids is 1. The fourth-order valence-corrected chi connectivity index (χ4v) is 4.01. The van der Waals surface area contributed by atoms with E-state index in [9.17, 15) is 4.79 Å². The molecule has 0 unspecified atom stereocenters. The van der Waals surface area contributed by atoms with Crippen molar-refractivity contribution in [3.8, 4) is 0 Å². The van der Waals surface area contributed by atoms with Gasteiger partial charge in [-0.05, 0) is 32.1 Å². The van der Waals surface area contributed by atoms with E-state index < -0.39 is 0 Å². The third-order valence-electron chi connectivity index (χ3n) is 5.23. The molecule has 2 aliphatic rings. The first-order valence-corrected chi connectivity index (χ1v) is 9.39. The van der Waals surface area contributed by atoms with E-state index in [1.54, 1.807) is 0 Å². The first-order valence-electron chi connectivity index (χ1n) is 9.39. The van der Waals surface area contributed by atoms with Crippen LogP contribution in [-0.4, -0.2) is 29.6 Å². The van der Waals surface area contributed by atoms with Crippen molar-refractivity contribution in [1.29, 1.82) is 0 Å². The highest BCUT2D eigenvalue weighted by Crippen LogP contribution is 2.30. The second-order valence-electron chi connectivity index (χ2n) is 6.93. The Morgan fingerprint density at radius 2 is 1.43 bits per heavy atom. The summed E-state index contributed by atoms with van der Waals surface area (Å²) >= 11 is 0. The van der Waals surface area contributed by atoms with Crippen LogP contribution in [0, 0.1) is 0 Å². The molecule has 0 atom stereocenters. The van der Waals surface area contributed by atoms with Crippen LogP contribution >= 0.6 is 0 Å². The number of carbonyl (C=O) groups is 1. The average molecular weight is 294 g/mol. The lowest BCUT2D eigenvalue weighted by atomic mass is 9.89. The summed E-state index contributed by atoms with van der Waals surface area (Å²) in [5.74, 6) is 0. The van der Waals surface area contributed by atoms with Crippen molar-refractivity contribution < 1.29 is 4.79 Å². The highest BCUT2D eigenvalue weighted by molar-refractivity contribution is 5.75. The molecule has 0 aliphatic heterocycles. The second-order valence-corrected chi connectivity index (χ2v) is 6.93. The normalized spacial score (nSPS) is 21.2. The zero-order valence-electron chi connectivity index (χ0n) is 13.9. The van der Waals surface area contributed by atoms with Crippen molar-refractivity contribution >= 4 is 6.03 Å². The molecule has 122 valence electrons. The molecule has 0 aromatic heterocycles. The Hall–Kier alpha value is -0.730. The van der Waals surface area contributed by atoms with Gasteiger partial charge in [0.2, 0.25) is 0 Å². The van der Waals surface area contributed by atoms with Crippen LogP contribution in [0.25, 0.3) is 0 Å². The van der Waals surface area contributed by atoms with Gasteiger partial charge in [-0.2, -0.15) is 0 Å². The zero-order valence-corrected chi connectivity index (χ0v) is 13.9. The number of rotatable bonds is 6. The first-order chi connectivity index (χ1) is 10.3. The number of hydrogen-bond donors (Lipinski definition) is 1. The lowest BCUT2D eigenvalue weighted by molar-refractivity contribution is 0.105. The smallest absolute Gasteiger partial charge is 0.317 e. The Labute approximate surface area is 130 Å². The molecule has 2 fully saturated rings. The van der Waals surface area contributed by atoms with Crippen LogP contribution in [0.15, 0.2) is 0 Å². The fraction of sp³-hybridized carbons (Fsp3) is 0.944. The van der Waals surface area contributed by atoms with Gasteiger partial charge in [-0.1, -0.05) is 58.3 Å². The Morgan fingerprint density at radius 1 is 0.905 bits per heavy atom. The number of hydrogen-bond acceptors (Lipinski definition) is 1.